The van der Waals surface area contributed by atoms with Gasteiger partial charge in [-0.2, -0.15) is 8.78 Å². The average molecular weight is 372 g/mol. The fourth-order valence-electron chi connectivity index (χ4n) is 2.84. The summed E-state index contributed by atoms with van der Waals surface area (Å²) >= 11 is 0. The molecule has 1 heterocycles. The summed E-state index contributed by atoms with van der Waals surface area (Å²) in [5.41, 5.74) is 6.63. The van der Waals surface area contributed by atoms with E-state index in [1.54, 1.807) is 31.2 Å². The van der Waals surface area contributed by atoms with Crippen LogP contribution in [0.1, 0.15) is 45.9 Å². The van der Waals surface area contributed by atoms with E-state index in [0.717, 1.165) is 4.57 Å². The van der Waals surface area contributed by atoms with Crippen LogP contribution >= 0.6 is 0 Å². The molecule has 0 aliphatic carbocycles. The van der Waals surface area contributed by atoms with Crippen molar-refractivity contribution in [1.29, 1.82) is 0 Å². The molecule has 0 aliphatic heterocycles. The number of benzene rings is 2. The van der Waals surface area contributed by atoms with Crippen LogP contribution in [-0.2, 0) is 0 Å². The number of amides is 2. The molecule has 2 aromatic carbocycles. The van der Waals surface area contributed by atoms with Gasteiger partial charge in [-0.3, -0.25) is 14.2 Å². The van der Waals surface area contributed by atoms with Crippen LogP contribution in [0.15, 0.2) is 48.5 Å². The van der Waals surface area contributed by atoms with Crippen molar-refractivity contribution >= 4 is 22.8 Å². The topological polar surface area (TPSA) is 90.0 Å². The molecule has 3 N–H and O–H groups in total. The molecule has 0 aliphatic rings. The summed E-state index contributed by atoms with van der Waals surface area (Å²) in [6.45, 7) is -0.880. The molecule has 0 saturated heterocycles. The lowest BCUT2D eigenvalue weighted by molar-refractivity contribution is 0.0703. The van der Waals surface area contributed by atoms with E-state index in [1.807, 2.05) is 0 Å². The maximum atomic E-state index is 13.5. The molecule has 0 saturated carbocycles. The lowest BCUT2D eigenvalue weighted by atomic mass is 10.1. The molecule has 3 rings (SSSR count). The van der Waals surface area contributed by atoms with Crippen molar-refractivity contribution < 1.29 is 18.4 Å². The van der Waals surface area contributed by atoms with Crippen LogP contribution in [0.4, 0.5) is 8.78 Å². The maximum Gasteiger partial charge on any atom is 0.320 e. The first-order valence-corrected chi connectivity index (χ1v) is 8.31. The minimum atomic E-state index is -2.73. The fraction of sp³-hybridized carbons (Fsp3) is 0.211. The number of carbonyl (C=O) groups excluding carboxylic acids is 2. The molecule has 6 nitrogen and oxygen atoms in total. The minimum Gasteiger partial charge on any atom is -0.366 e. The second kappa shape index (κ2) is 7.53. The van der Waals surface area contributed by atoms with E-state index in [9.17, 15) is 18.4 Å². The molecule has 0 spiro atoms. The van der Waals surface area contributed by atoms with Crippen molar-refractivity contribution in [3.63, 3.8) is 0 Å². The summed E-state index contributed by atoms with van der Waals surface area (Å²) in [5.74, 6) is -1.19. The van der Waals surface area contributed by atoms with Crippen molar-refractivity contribution in [1.82, 2.24) is 14.9 Å². The lowest BCUT2D eigenvalue weighted by Gasteiger charge is -2.15. The number of imidazole rings is 1. The summed E-state index contributed by atoms with van der Waals surface area (Å²) in [4.78, 5) is 27.6. The van der Waals surface area contributed by atoms with Crippen LogP contribution in [-0.4, -0.2) is 27.9 Å². The van der Waals surface area contributed by atoms with E-state index in [-0.39, 0.29) is 18.3 Å². The van der Waals surface area contributed by atoms with Crippen molar-refractivity contribution in [2.75, 3.05) is 6.54 Å². The summed E-state index contributed by atoms with van der Waals surface area (Å²) in [6, 6.07) is 12.5. The minimum absolute atomic E-state index is 0.131. The van der Waals surface area contributed by atoms with Gasteiger partial charge in [0.25, 0.3) is 5.91 Å². The van der Waals surface area contributed by atoms with E-state index >= 15 is 0 Å². The van der Waals surface area contributed by atoms with Gasteiger partial charge in [0.15, 0.2) is 0 Å². The largest absolute Gasteiger partial charge is 0.366 e. The Morgan fingerprint density at radius 2 is 1.74 bits per heavy atom. The number of hydrogen-bond acceptors (Lipinski definition) is 3. The van der Waals surface area contributed by atoms with Gasteiger partial charge in [-0.25, -0.2) is 4.98 Å². The van der Waals surface area contributed by atoms with Gasteiger partial charge >= 0.3 is 6.55 Å². The third-order valence-corrected chi connectivity index (χ3v) is 4.26. The molecular weight excluding hydrogens is 354 g/mol. The number of nitrogens with one attached hydrogen (secondary N) is 1. The fourth-order valence-corrected chi connectivity index (χ4v) is 2.84. The molecule has 1 unspecified atom stereocenters. The number of carbonyl (C=O) groups is 2. The second-order valence-corrected chi connectivity index (χ2v) is 6.16. The van der Waals surface area contributed by atoms with Crippen molar-refractivity contribution in [3.05, 3.63) is 65.5 Å². The van der Waals surface area contributed by atoms with Crippen molar-refractivity contribution in [2.24, 2.45) is 5.73 Å². The smallest absolute Gasteiger partial charge is 0.320 e. The lowest BCUT2D eigenvalue weighted by Crippen LogP contribution is -2.28. The van der Waals surface area contributed by atoms with E-state index < -0.39 is 18.4 Å². The maximum absolute atomic E-state index is 13.5. The summed E-state index contributed by atoms with van der Waals surface area (Å²) < 4.78 is 27.9. The van der Waals surface area contributed by atoms with Crippen molar-refractivity contribution in [2.45, 2.75) is 19.4 Å². The van der Waals surface area contributed by atoms with E-state index in [4.69, 9.17) is 5.73 Å². The monoisotopic (exact) mass is 372 g/mol. The zero-order valence-corrected chi connectivity index (χ0v) is 14.5. The predicted octanol–water partition coefficient (Wildman–Crippen LogP) is 3.06. The number of para-hydroxylation sites is 2. The van der Waals surface area contributed by atoms with Crippen LogP contribution in [0.2, 0.25) is 0 Å². The number of nitrogens with zero attached hydrogens (tertiary/aromatic N) is 2. The molecule has 1 atom stereocenters. The Bertz CT molecular complexity index is 983. The average Bonchev–Trinajstić information content (AvgIpc) is 3.05. The molecule has 2 amide bonds. The number of nitrogens with two attached hydrogens (primary N) is 1. The Morgan fingerprint density at radius 3 is 2.37 bits per heavy atom. The van der Waals surface area contributed by atoms with Gasteiger partial charge in [-0.1, -0.05) is 19.1 Å². The summed E-state index contributed by atoms with van der Waals surface area (Å²) in [7, 11) is 0. The van der Waals surface area contributed by atoms with Crippen LogP contribution < -0.4 is 11.1 Å². The third-order valence-electron chi connectivity index (χ3n) is 4.26. The van der Waals surface area contributed by atoms with Gasteiger partial charge in [0.2, 0.25) is 5.91 Å². The summed E-state index contributed by atoms with van der Waals surface area (Å²) in [5, 5.41) is 2.70. The van der Waals surface area contributed by atoms with Crippen molar-refractivity contribution in [3.8, 4) is 0 Å². The molecule has 140 valence electrons. The highest BCUT2D eigenvalue weighted by Crippen LogP contribution is 2.27. The molecule has 8 heteroatoms. The van der Waals surface area contributed by atoms with Gasteiger partial charge in [-0.15, -0.1) is 0 Å². The zero-order chi connectivity index (χ0) is 19.6. The normalized spacial score (nSPS) is 12.3. The molecule has 0 fully saturated rings. The first-order chi connectivity index (χ1) is 12.9. The number of fused-ring (bicyclic) bond motifs is 1. The Hall–Kier alpha value is -3.29. The Balaban J connectivity index is 1.75. The second-order valence-electron chi connectivity index (χ2n) is 6.16. The standard InChI is InChI=1S/C19H18F2N4O2/c1-11(10-23-18(27)13-8-6-12(7-9-13)16(22)26)17-24-14-4-2-3-5-15(14)25(17)19(20)21/h2-9,11,19H,10H2,1H3,(H2,22,26)(H,23,27). The highest BCUT2D eigenvalue weighted by molar-refractivity contribution is 5.97. The van der Waals surface area contributed by atoms with Crippen LogP contribution in [0.25, 0.3) is 11.0 Å². The van der Waals surface area contributed by atoms with E-state index in [0.29, 0.717) is 22.2 Å². The SMILES string of the molecule is CC(CNC(=O)c1ccc(C(N)=O)cc1)c1nc2ccccc2n1C(F)F. The van der Waals surface area contributed by atoms with Gasteiger partial charge in [0, 0.05) is 23.6 Å². The number of halogens is 2. The quantitative estimate of drug-likeness (QED) is 0.697. The van der Waals surface area contributed by atoms with Crippen LogP contribution in [0, 0.1) is 0 Å². The Labute approximate surface area is 154 Å². The van der Waals surface area contributed by atoms with Crippen LogP contribution in [0.5, 0.6) is 0 Å². The number of primary amides is 1. The molecule has 1 aromatic heterocycles. The van der Waals surface area contributed by atoms with Crippen LogP contribution in [0.3, 0.4) is 0 Å². The van der Waals surface area contributed by atoms with Gasteiger partial charge in [0.1, 0.15) is 5.82 Å². The number of hydrogen-bond donors (Lipinski definition) is 2. The predicted molar refractivity (Wildman–Crippen MR) is 96.7 cm³/mol. The number of rotatable bonds is 6. The van der Waals surface area contributed by atoms with E-state index in [2.05, 4.69) is 10.3 Å². The van der Waals surface area contributed by atoms with Gasteiger partial charge < -0.3 is 11.1 Å². The Kier molecular flexibility index (Phi) is 5.16. The molecule has 0 bridgehead atoms. The molecule has 27 heavy (non-hydrogen) atoms. The number of aromatic nitrogens is 2. The molecular formula is C19H18F2N4O2. The zero-order valence-electron chi connectivity index (χ0n) is 14.5. The highest BCUT2D eigenvalue weighted by Gasteiger charge is 2.22. The third kappa shape index (κ3) is 3.79. The molecule has 0 radical (unpaired) electrons. The Morgan fingerprint density at radius 1 is 1.11 bits per heavy atom. The van der Waals surface area contributed by atoms with Gasteiger partial charge in [0.05, 0.1) is 11.0 Å². The first-order valence-electron chi connectivity index (χ1n) is 8.31. The first kappa shape index (κ1) is 18.5. The molecule has 3 aromatic rings. The highest BCUT2D eigenvalue weighted by atomic mass is 19.3. The summed E-state index contributed by atoms with van der Waals surface area (Å²) in [6.07, 6.45) is 0. The van der Waals surface area contributed by atoms with Gasteiger partial charge in [-0.05, 0) is 36.4 Å². The number of alkyl halides is 2. The van der Waals surface area contributed by atoms with E-state index in [1.165, 1.54) is 24.3 Å².